The molecule has 0 bridgehead atoms. The van der Waals surface area contributed by atoms with Gasteiger partial charge in [-0.2, -0.15) is 0 Å². The summed E-state index contributed by atoms with van der Waals surface area (Å²) in [6.07, 6.45) is 2.82. The van der Waals surface area contributed by atoms with E-state index in [1.54, 1.807) is 19.1 Å². The smallest absolute Gasteiger partial charge is 0.196 e. The van der Waals surface area contributed by atoms with Gasteiger partial charge in [-0.1, -0.05) is 31.9 Å². The summed E-state index contributed by atoms with van der Waals surface area (Å²) in [7, 11) is 0. The highest BCUT2D eigenvalue weighted by atomic mass is 79.9. The first-order valence-corrected chi connectivity index (χ1v) is 7.90. The highest BCUT2D eigenvalue weighted by Gasteiger charge is 2.36. The largest absolute Gasteiger partial charge is 0.508 e. The summed E-state index contributed by atoms with van der Waals surface area (Å²) in [6.45, 7) is 6.75. The first-order chi connectivity index (χ1) is 9.59. The van der Waals surface area contributed by atoms with Gasteiger partial charge in [0.05, 0.1) is 0 Å². The van der Waals surface area contributed by atoms with Gasteiger partial charge in [0, 0.05) is 8.96 Å². The van der Waals surface area contributed by atoms with Crippen LogP contribution in [0.3, 0.4) is 0 Å². The number of hydrogen-bond donors (Lipinski definition) is 1. The molecular weight excluding hydrogens is 403 g/mol. The van der Waals surface area contributed by atoms with E-state index < -0.39 is 11.5 Å². The normalized spacial score (nSPS) is 21.2. The molecule has 0 saturated carbocycles. The maximum atomic E-state index is 13.4. The van der Waals surface area contributed by atoms with Gasteiger partial charge in [-0.05, 0) is 68.7 Å². The van der Waals surface area contributed by atoms with E-state index in [1.165, 1.54) is 13.0 Å². The second-order valence-corrected chi connectivity index (χ2v) is 6.70. The van der Waals surface area contributed by atoms with Gasteiger partial charge in [-0.15, -0.1) is 0 Å². The maximum absolute atomic E-state index is 13.4. The van der Waals surface area contributed by atoms with E-state index >= 15 is 0 Å². The number of ketones is 1. The Kier molecular flexibility index (Phi) is 5.93. The van der Waals surface area contributed by atoms with E-state index in [1.807, 2.05) is 19.9 Å². The summed E-state index contributed by atoms with van der Waals surface area (Å²) < 4.78 is 15.1. The number of carbonyl (C=O) groups excluding carboxylic acids is 1. The van der Waals surface area contributed by atoms with Gasteiger partial charge < -0.3 is 5.11 Å². The van der Waals surface area contributed by atoms with Crippen LogP contribution in [0.5, 0.6) is 5.75 Å². The summed E-state index contributed by atoms with van der Waals surface area (Å²) >= 11 is 6.53. The van der Waals surface area contributed by atoms with Crippen LogP contribution in [0, 0.1) is 13.8 Å². The number of alkyl halides is 1. The lowest BCUT2D eigenvalue weighted by Gasteiger charge is -2.21. The van der Waals surface area contributed by atoms with Crippen LogP contribution in [0.4, 0.5) is 4.39 Å². The standard InChI is InChI=1S/C8H8BrFO.C8H9BrO/c1-5-6(9)3-4-7(11)8(5,2)10;1-5-6(2)8(10)4-3-7(5)9/h3-4H,1-2H3;3-4,10H,1-2H3/t8-;/m1./s1. The van der Waals surface area contributed by atoms with Gasteiger partial charge in [0.1, 0.15) is 5.75 Å². The molecule has 0 spiro atoms. The van der Waals surface area contributed by atoms with Gasteiger partial charge in [0.15, 0.2) is 11.5 Å². The van der Waals surface area contributed by atoms with Gasteiger partial charge >= 0.3 is 0 Å². The van der Waals surface area contributed by atoms with Crippen molar-refractivity contribution in [2.75, 3.05) is 0 Å². The first kappa shape index (κ1) is 18.1. The number of carbonyl (C=O) groups is 1. The molecule has 0 saturated heterocycles. The van der Waals surface area contributed by atoms with Crippen LogP contribution in [0.1, 0.15) is 25.0 Å². The Morgan fingerprint density at radius 1 is 1.10 bits per heavy atom. The Bertz CT molecular complexity index is 604. The fourth-order valence-corrected chi connectivity index (χ4v) is 2.55. The zero-order valence-electron chi connectivity index (χ0n) is 12.3. The number of hydrogen-bond acceptors (Lipinski definition) is 2. The summed E-state index contributed by atoms with van der Waals surface area (Å²) in [5, 5.41) is 9.20. The Morgan fingerprint density at radius 3 is 2.14 bits per heavy atom. The van der Waals surface area contributed by atoms with Crippen LogP contribution in [0.15, 0.2) is 38.8 Å². The molecule has 1 N–H and O–H groups in total. The van der Waals surface area contributed by atoms with Crippen molar-refractivity contribution in [3.05, 3.63) is 49.9 Å². The number of benzene rings is 1. The van der Waals surface area contributed by atoms with Crippen LogP contribution < -0.4 is 0 Å². The SMILES string of the molecule is CC1=C(Br)C=CC(=O)[C@]1(C)F.Cc1c(O)ccc(Br)c1C. The van der Waals surface area contributed by atoms with E-state index in [0.717, 1.165) is 15.6 Å². The lowest BCUT2D eigenvalue weighted by molar-refractivity contribution is -0.122. The van der Waals surface area contributed by atoms with E-state index in [-0.39, 0.29) is 0 Å². The molecule has 0 aliphatic heterocycles. The fourth-order valence-electron chi connectivity index (χ4n) is 1.61. The van der Waals surface area contributed by atoms with Crippen molar-refractivity contribution in [2.24, 2.45) is 0 Å². The minimum atomic E-state index is -1.83. The predicted octanol–water partition coefficient (Wildman–Crippen LogP) is 5.29. The molecule has 0 radical (unpaired) electrons. The zero-order chi connectivity index (χ0) is 16.4. The molecule has 2 nitrogen and oxygen atoms in total. The number of allylic oxidation sites excluding steroid dienone is 4. The van der Waals surface area contributed by atoms with Crippen LogP contribution in [0.2, 0.25) is 0 Å². The summed E-state index contributed by atoms with van der Waals surface area (Å²) in [6, 6.07) is 3.53. The molecule has 0 fully saturated rings. The molecule has 1 aliphatic rings. The Hall–Kier alpha value is -0.940. The molecule has 0 amide bonds. The highest BCUT2D eigenvalue weighted by Crippen LogP contribution is 2.32. The van der Waals surface area contributed by atoms with Crippen molar-refractivity contribution in [1.29, 1.82) is 0 Å². The predicted molar refractivity (Wildman–Crippen MR) is 90.6 cm³/mol. The molecule has 21 heavy (non-hydrogen) atoms. The second kappa shape index (κ2) is 6.88. The third-order valence-electron chi connectivity index (χ3n) is 3.60. The minimum Gasteiger partial charge on any atom is -0.508 e. The van der Waals surface area contributed by atoms with Crippen molar-refractivity contribution in [2.45, 2.75) is 33.4 Å². The highest BCUT2D eigenvalue weighted by molar-refractivity contribution is 9.12. The van der Waals surface area contributed by atoms with Crippen molar-refractivity contribution < 1.29 is 14.3 Å². The Morgan fingerprint density at radius 2 is 1.67 bits per heavy atom. The average Bonchev–Trinajstić information content (AvgIpc) is 2.44. The molecule has 0 heterocycles. The number of phenolic OH excluding ortho intramolecular Hbond substituents is 1. The quantitative estimate of drug-likeness (QED) is 0.619. The van der Waals surface area contributed by atoms with Gasteiger partial charge in [-0.3, -0.25) is 4.79 Å². The van der Waals surface area contributed by atoms with Crippen LogP contribution in [0.25, 0.3) is 0 Å². The number of aromatic hydroxyl groups is 1. The maximum Gasteiger partial charge on any atom is 0.196 e. The van der Waals surface area contributed by atoms with Crippen molar-refractivity contribution in [3.63, 3.8) is 0 Å². The van der Waals surface area contributed by atoms with Crippen molar-refractivity contribution in [1.82, 2.24) is 0 Å². The Labute approximate surface area is 141 Å². The summed E-state index contributed by atoms with van der Waals surface area (Å²) in [5.41, 5.74) is 0.646. The molecule has 0 aromatic heterocycles. The summed E-state index contributed by atoms with van der Waals surface area (Å²) in [5.74, 6) is -0.126. The molecule has 1 aromatic rings. The van der Waals surface area contributed by atoms with Crippen LogP contribution >= 0.6 is 31.9 Å². The zero-order valence-corrected chi connectivity index (χ0v) is 15.5. The molecule has 1 aliphatic carbocycles. The molecular formula is C16H17Br2FO2. The van der Waals surface area contributed by atoms with E-state index in [4.69, 9.17) is 0 Å². The fraction of sp³-hybridized carbons (Fsp3) is 0.312. The third kappa shape index (κ3) is 4.04. The van der Waals surface area contributed by atoms with Gasteiger partial charge in [0.2, 0.25) is 0 Å². The number of phenols is 1. The minimum absolute atomic E-state index is 0.362. The van der Waals surface area contributed by atoms with Crippen molar-refractivity contribution >= 4 is 37.6 Å². The van der Waals surface area contributed by atoms with E-state index in [2.05, 4.69) is 31.9 Å². The lowest BCUT2D eigenvalue weighted by atomic mass is 9.90. The molecule has 1 aromatic carbocycles. The second-order valence-electron chi connectivity index (χ2n) is 4.99. The topological polar surface area (TPSA) is 37.3 Å². The van der Waals surface area contributed by atoms with Crippen molar-refractivity contribution in [3.8, 4) is 5.75 Å². The monoisotopic (exact) mass is 418 g/mol. The van der Waals surface area contributed by atoms with E-state index in [9.17, 15) is 14.3 Å². The van der Waals surface area contributed by atoms with Gasteiger partial charge in [0.25, 0.3) is 0 Å². The molecule has 114 valence electrons. The molecule has 5 heteroatoms. The number of rotatable bonds is 0. The number of halogens is 3. The average molecular weight is 420 g/mol. The third-order valence-corrected chi connectivity index (χ3v) is 5.32. The van der Waals surface area contributed by atoms with Crippen LogP contribution in [-0.2, 0) is 4.79 Å². The molecule has 1 atom stereocenters. The molecule has 0 unspecified atom stereocenters. The first-order valence-electron chi connectivity index (χ1n) is 6.32. The van der Waals surface area contributed by atoms with E-state index in [0.29, 0.717) is 15.8 Å². The Balaban J connectivity index is 0.000000211. The van der Waals surface area contributed by atoms with Crippen LogP contribution in [-0.4, -0.2) is 16.6 Å². The van der Waals surface area contributed by atoms with Gasteiger partial charge in [-0.25, -0.2) is 4.39 Å². The molecule has 2 rings (SSSR count). The summed E-state index contributed by atoms with van der Waals surface area (Å²) in [4.78, 5) is 11.0. The lowest BCUT2D eigenvalue weighted by Crippen LogP contribution is -2.32.